The van der Waals surface area contributed by atoms with Crippen molar-refractivity contribution in [3.8, 4) is 0 Å². The van der Waals surface area contributed by atoms with E-state index in [4.69, 9.17) is 11.6 Å². The largest absolute Gasteiger partial charge is 0.346 e. The molecule has 13 heteroatoms. The molecular formula is C20H26Cl2N6O3S2. The summed E-state index contributed by atoms with van der Waals surface area (Å²) in [7, 11) is 2.04. The van der Waals surface area contributed by atoms with E-state index >= 15 is 0 Å². The van der Waals surface area contributed by atoms with Crippen LogP contribution < -0.4 is 16.0 Å². The summed E-state index contributed by atoms with van der Waals surface area (Å²) in [5, 5.41) is 8.79. The summed E-state index contributed by atoms with van der Waals surface area (Å²) in [6.45, 7) is 1.85. The minimum absolute atomic E-state index is 0. The van der Waals surface area contributed by atoms with Gasteiger partial charge in [-0.2, -0.15) is 11.8 Å². The normalized spacial score (nSPS) is 13.9. The standard InChI is InChI=1S/C20H25ClN6O3S2.ClH/c1-27-7-5-14-15(11-27)32-20(25-14)19(30)24-13(6-8-31-2)10-23-17(28)18(29)26-16-4-3-12(21)9-22-16;/h3-4,9,13H,5-8,10-11H2,1-2H3,(H,23,28)(H,24,30)(H,22,26,29);1H/t13-;/m1./s1. The van der Waals surface area contributed by atoms with Crippen LogP contribution in [0.5, 0.6) is 0 Å². The van der Waals surface area contributed by atoms with Crippen molar-refractivity contribution >= 4 is 70.6 Å². The van der Waals surface area contributed by atoms with Gasteiger partial charge in [-0.05, 0) is 37.6 Å². The van der Waals surface area contributed by atoms with Gasteiger partial charge in [0.1, 0.15) is 5.82 Å². The van der Waals surface area contributed by atoms with E-state index in [2.05, 4.69) is 30.8 Å². The van der Waals surface area contributed by atoms with Gasteiger partial charge in [0.25, 0.3) is 5.91 Å². The minimum atomic E-state index is -0.841. The van der Waals surface area contributed by atoms with E-state index in [1.165, 1.54) is 23.6 Å². The third-order valence-corrected chi connectivity index (χ3v) is 6.75. The van der Waals surface area contributed by atoms with Gasteiger partial charge in [0.05, 0.1) is 10.7 Å². The van der Waals surface area contributed by atoms with E-state index in [0.29, 0.717) is 16.5 Å². The quantitative estimate of drug-likeness (QED) is 0.446. The first-order valence-electron chi connectivity index (χ1n) is 10.0. The minimum Gasteiger partial charge on any atom is -0.346 e. The van der Waals surface area contributed by atoms with Gasteiger partial charge in [0, 0.05) is 43.2 Å². The Labute approximate surface area is 211 Å². The van der Waals surface area contributed by atoms with E-state index in [1.807, 2.05) is 13.3 Å². The number of aromatic nitrogens is 2. The topological polar surface area (TPSA) is 116 Å². The second-order valence-corrected chi connectivity index (χ2v) is 9.86. The first kappa shape index (κ1) is 27.3. The van der Waals surface area contributed by atoms with Gasteiger partial charge in [-0.1, -0.05) is 11.6 Å². The molecule has 1 aliphatic rings. The maximum Gasteiger partial charge on any atom is 0.314 e. The van der Waals surface area contributed by atoms with E-state index in [0.717, 1.165) is 35.8 Å². The van der Waals surface area contributed by atoms with E-state index < -0.39 is 11.8 Å². The number of thioether (sulfide) groups is 1. The molecule has 3 rings (SSSR count). The summed E-state index contributed by atoms with van der Waals surface area (Å²) in [4.78, 5) is 48.8. The summed E-state index contributed by atoms with van der Waals surface area (Å²) >= 11 is 8.81. The third kappa shape index (κ3) is 8.11. The molecule has 1 aliphatic heterocycles. The van der Waals surface area contributed by atoms with Crippen molar-refractivity contribution < 1.29 is 14.4 Å². The van der Waals surface area contributed by atoms with Crippen LogP contribution in [-0.4, -0.2) is 70.8 Å². The number of hydrogen-bond acceptors (Lipinski definition) is 8. The molecule has 3 amide bonds. The van der Waals surface area contributed by atoms with E-state index in [9.17, 15) is 14.4 Å². The lowest BCUT2D eigenvalue weighted by Crippen LogP contribution is -2.46. The number of amides is 3. The number of fused-ring (bicyclic) bond motifs is 1. The molecule has 0 bridgehead atoms. The number of pyridine rings is 1. The predicted octanol–water partition coefficient (Wildman–Crippen LogP) is 2.21. The molecule has 0 aromatic carbocycles. The van der Waals surface area contributed by atoms with Gasteiger partial charge in [0.2, 0.25) is 0 Å². The van der Waals surface area contributed by atoms with E-state index in [-0.39, 0.29) is 36.7 Å². The molecule has 0 radical (unpaired) electrons. The van der Waals surface area contributed by atoms with Gasteiger partial charge in [-0.15, -0.1) is 23.7 Å². The molecule has 1 atom stereocenters. The van der Waals surface area contributed by atoms with Crippen LogP contribution in [-0.2, 0) is 22.6 Å². The van der Waals surface area contributed by atoms with Crippen LogP contribution >= 0.6 is 47.1 Å². The summed E-state index contributed by atoms with van der Waals surface area (Å²) in [5.41, 5.74) is 0.986. The fraction of sp³-hybridized carbons (Fsp3) is 0.450. The van der Waals surface area contributed by atoms with Crippen molar-refractivity contribution in [2.45, 2.75) is 25.4 Å². The van der Waals surface area contributed by atoms with Crippen LogP contribution in [0.3, 0.4) is 0 Å². The Morgan fingerprint density at radius 2 is 2.09 bits per heavy atom. The number of carbonyl (C=O) groups excluding carboxylic acids is 3. The predicted molar refractivity (Wildman–Crippen MR) is 135 cm³/mol. The molecule has 0 spiro atoms. The van der Waals surface area contributed by atoms with Crippen LogP contribution in [0.25, 0.3) is 0 Å². The van der Waals surface area contributed by atoms with Crippen molar-refractivity contribution in [3.05, 3.63) is 38.9 Å². The first-order chi connectivity index (χ1) is 15.4. The summed E-state index contributed by atoms with van der Waals surface area (Å²) in [6.07, 6.45) is 4.81. The van der Waals surface area contributed by atoms with Gasteiger partial charge in [-0.3, -0.25) is 14.4 Å². The second kappa shape index (κ2) is 13.1. The molecule has 2 aromatic rings. The number of thiazole rings is 1. The molecule has 0 saturated heterocycles. The zero-order chi connectivity index (χ0) is 23.1. The SMILES string of the molecule is CSCC[C@H](CNC(=O)C(=O)Nc1ccc(Cl)cn1)NC(=O)c1nc2c(s1)CN(C)CC2.Cl. The number of hydrogen-bond donors (Lipinski definition) is 3. The molecule has 2 aromatic heterocycles. The molecule has 3 N–H and O–H groups in total. The molecule has 3 heterocycles. The van der Waals surface area contributed by atoms with Crippen molar-refractivity contribution in [2.24, 2.45) is 0 Å². The third-order valence-electron chi connectivity index (χ3n) is 4.81. The average molecular weight is 534 g/mol. The number of halogens is 2. The Morgan fingerprint density at radius 1 is 1.30 bits per heavy atom. The summed E-state index contributed by atoms with van der Waals surface area (Å²) in [6, 6.07) is 2.73. The maximum absolute atomic E-state index is 12.8. The van der Waals surface area contributed by atoms with Crippen LogP contribution in [0, 0.1) is 0 Å². The smallest absolute Gasteiger partial charge is 0.314 e. The Morgan fingerprint density at radius 3 is 2.79 bits per heavy atom. The van der Waals surface area contributed by atoms with Gasteiger partial charge < -0.3 is 20.9 Å². The summed E-state index contributed by atoms with van der Waals surface area (Å²) in [5.74, 6) is -0.896. The van der Waals surface area contributed by atoms with Crippen molar-refractivity contribution in [1.82, 2.24) is 25.5 Å². The monoisotopic (exact) mass is 532 g/mol. The fourth-order valence-electron chi connectivity index (χ4n) is 3.07. The lowest BCUT2D eigenvalue weighted by molar-refractivity contribution is -0.136. The second-order valence-electron chi connectivity index (χ2n) is 7.35. The number of rotatable bonds is 8. The molecular weight excluding hydrogens is 507 g/mol. The highest BCUT2D eigenvalue weighted by Crippen LogP contribution is 2.24. The van der Waals surface area contributed by atoms with Crippen molar-refractivity contribution in [2.75, 3.05) is 37.5 Å². The molecule has 0 aliphatic carbocycles. The van der Waals surface area contributed by atoms with Gasteiger partial charge in [0.15, 0.2) is 5.01 Å². The van der Waals surface area contributed by atoms with E-state index in [1.54, 1.807) is 17.8 Å². The molecule has 0 fully saturated rings. The maximum atomic E-state index is 12.8. The zero-order valence-corrected chi connectivity index (χ0v) is 21.4. The first-order valence-corrected chi connectivity index (χ1v) is 12.6. The highest BCUT2D eigenvalue weighted by Gasteiger charge is 2.23. The van der Waals surface area contributed by atoms with Gasteiger partial charge in [-0.25, -0.2) is 9.97 Å². The van der Waals surface area contributed by atoms with Crippen LogP contribution in [0.15, 0.2) is 18.3 Å². The number of nitrogens with one attached hydrogen (secondary N) is 3. The number of carbonyl (C=O) groups is 3. The Kier molecular flexibility index (Phi) is 10.8. The van der Waals surface area contributed by atoms with Crippen LogP contribution in [0.1, 0.15) is 26.8 Å². The van der Waals surface area contributed by atoms with Crippen molar-refractivity contribution in [3.63, 3.8) is 0 Å². The molecule has 0 saturated carbocycles. The summed E-state index contributed by atoms with van der Waals surface area (Å²) < 4.78 is 0. The zero-order valence-electron chi connectivity index (χ0n) is 18.2. The molecule has 0 unspecified atom stereocenters. The number of likely N-dealkylation sites (N-methyl/N-ethyl adjacent to an activating group) is 1. The highest BCUT2D eigenvalue weighted by molar-refractivity contribution is 7.98. The van der Waals surface area contributed by atoms with Crippen LogP contribution in [0.4, 0.5) is 5.82 Å². The number of anilines is 1. The van der Waals surface area contributed by atoms with Crippen molar-refractivity contribution in [1.29, 1.82) is 0 Å². The molecule has 180 valence electrons. The van der Waals surface area contributed by atoms with Crippen LogP contribution in [0.2, 0.25) is 5.02 Å². The Bertz CT molecular complexity index is 973. The average Bonchev–Trinajstić information content (AvgIpc) is 3.20. The Balaban J connectivity index is 0.00000385. The lowest BCUT2D eigenvalue weighted by atomic mass is 10.2. The highest BCUT2D eigenvalue weighted by atomic mass is 35.5. The molecule has 33 heavy (non-hydrogen) atoms. The lowest BCUT2D eigenvalue weighted by Gasteiger charge is -2.20. The molecule has 9 nitrogen and oxygen atoms in total. The Hall–Kier alpha value is -1.92. The fourth-order valence-corrected chi connectivity index (χ4v) is 4.80. The van der Waals surface area contributed by atoms with Gasteiger partial charge >= 0.3 is 11.8 Å². The number of nitrogens with zero attached hydrogens (tertiary/aromatic N) is 3.